The molecule has 92 valence electrons. The molecule has 2 rings (SSSR count). The smallest absolute Gasteiger partial charge is 0.342 e. The number of carboxylic acid groups (broad SMARTS) is 1. The highest BCUT2D eigenvalue weighted by molar-refractivity contribution is 9.10. The highest BCUT2D eigenvalue weighted by atomic mass is 79.9. The van der Waals surface area contributed by atoms with Gasteiger partial charge >= 0.3 is 5.97 Å². The number of carbonyl (C=O) groups is 1. The number of hydrogen-bond donors (Lipinski definition) is 2. The molecule has 1 aromatic heterocycles. The van der Waals surface area contributed by atoms with Crippen LogP contribution in [-0.2, 0) is 4.79 Å². The van der Waals surface area contributed by atoms with Gasteiger partial charge in [0.2, 0.25) is 5.67 Å². The Kier molecular flexibility index (Phi) is 3.39. The zero-order valence-electron chi connectivity index (χ0n) is 8.86. The summed E-state index contributed by atoms with van der Waals surface area (Å²) in [7, 11) is 0. The van der Waals surface area contributed by atoms with Crippen LogP contribution < -0.4 is 5.32 Å². The SMILES string of the molecule is O=C(O)C1(F)CCNCC1c1nccc(Br)n1. The number of nitrogens with zero attached hydrogens (tertiary/aromatic N) is 2. The van der Waals surface area contributed by atoms with Crippen LogP contribution in [0.1, 0.15) is 18.2 Å². The molecule has 2 N–H and O–H groups in total. The summed E-state index contributed by atoms with van der Waals surface area (Å²) < 4.78 is 15.0. The van der Waals surface area contributed by atoms with Gasteiger partial charge in [0.15, 0.2) is 0 Å². The maximum absolute atomic E-state index is 14.4. The highest BCUT2D eigenvalue weighted by Gasteiger charge is 2.50. The Balaban J connectivity index is 2.37. The van der Waals surface area contributed by atoms with Crippen LogP contribution in [-0.4, -0.2) is 39.8 Å². The third-order valence-corrected chi connectivity index (χ3v) is 3.32. The molecule has 17 heavy (non-hydrogen) atoms. The van der Waals surface area contributed by atoms with E-state index in [1.54, 1.807) is 6.07 Å². The van der Waals surface area contributed by atoms with Crippen LogP contribution in [0.4, 0.5) is 4.39 Å². The largest absolute Gasteiger partial charge is 0.479 e. The standard InChI is InChI=1S/C10H11BrFN3O2/c11-7-1-3-14-8(15-7)6-5-13-4-2-10(6,12)9(16)17/h1,3,6,13H,2,4-5H2,(H,16,17). The number of nitrogens with one attached hydrogen (secondary N) is 1. The topological polar surface area (TPSA) is 75.1 Å². The van der Waals surface area contributed by atoms with Crippen LogP contribution in [0.15, 0.2) is 16.9 Å². The second kappa shape index (κ2) is 4.66. The lowest BCUT2D eigenvalue weighted by Gasteiger charge is -2.33. The van der Waals surface area contributed by atoms with Gasteiger partial charge in [-0.1, -0.05) is 0 Å². The fourth-order valence-corrected chi connectivity index (χ4v) is 2.22. The average molecular weight is 304 g/mol. The van der Waals surface area contributed by atoms with Gasteiger partial charge in [-0.15, -0.1) is 0 Å². The van der Waals surface area contributed by atoms with Gasteiger partial charge in [0, 0.05) is 19.2 Å². The summed E-state index contributed by atoms with van der Waals surface area (Å²) in [6.45, 7) is 0.562. The Hall–Kier alpha value is -1.08. The summed E-state index contributed by atoms with van der Waals surface area (Å²) in [5, 5.41) is 12.0. The molecule has 1 aliphatic heterocycles. The third-order valence-electron chi connectivity index (χ3n) is 2.87. The molecule has 0 aliphatic carbocycles. The normalized spacial score (nSPS) is 28.9. The second-order valence-electron chi connectivity index (χ2n) is 3.91. The van der Waals surface area contributed by atoms with Gasteiger partial charge in [0.05, 0.1) is 5.92 Å². The number of carboxylic acids is 1. The molecule has 2 unspecified atom stereocenters. The van der Waals surface area contributed by atoms with Crippen LogP contribution in [0, 0.1) is 0 Å². The number of alkyl halides is 1. The average Bonchev–Trinajstić information content (AvgIpc) is 2.29. The molecule has 0 bridgehead atoms. The lowest BCUT2D eigenvalue weighted by atomic mass is 9.82. The van der Waals surface area contributed by atoms with E-state index in [9.17, 15) is 9.18 Å². The molecule has 1 aliphatic rings. The monoisotopic (exact) mass is 303 g/mol. The van der Waals surface area contributed by atoms with Gasteiger partial charge in [0.25, 0.3) is 0 Å². The Morgan fingerprint density at radius 1 is 1.71 bits per heavy atom. The molecule has 0 spiro atoms. The van der Waals surface area contributed by atoms with Crippen LogP contribution in [0.3, 0.4) is 0 Å². The lowest BCUT2D eigenvalue weighted by molar-refractivity contribution is -0.154. The zero-order chi connectivity index (χ0) is 12.5. The van der Waals surface area contributed by atoms with Gasteiger partial charge in [-0.3, -0.25) is 0 Å². The van der Waals surface area contributed by atoms with E-state index in [-0.39, 0.29) is 18.8 Å². The summed E-state index contributed by atoms with van der Waals surface area (Å²) in [5.74, 6) is -2.12. The molecule has 1 fully saturated rings. The summed E-state index contributed by atoms with van der Waals surface area (Å²) in [5.41, 5.74) is -2.30. The summed E-state index contributed by atoms with van der Waals surface area (Å²) in [4.78, 5) is 19.1. The number of rotatable bonds is 2. The first-order chi connectivity index (χ1) is 8.04. The van der Waals surface area contributed by atoms with E-state index in [1.165, 1.54) is 6.20 Å². The van der Waals surface area contributed by atoms with E-state index in [1.807, 2.05) is 0 Å². The molecule has 0 saturated carbocycles. The van der Waals surface area contributed by atoms with Crippen LogP contribution in [0.25, 0.3) is 0 Å². The molecule has 1 saturated heterocycles. The Bertz CT molecular complexity index is 445. The van der Waals surface area contributed by atoms with Gasteiger partial charge in [-0.2, -0.15) is 0 Å². The number of piperidine rings is 1. The van der Waals surface area contributed by atoms with Crippen molar-refractivity contribution in [1.82, 2.24) is 15.3 Å². The molecule has 0 aromatic carbocycles. The fraction of sp³-hybridized carbons (Fsp3) is 0.500. The molecular formula is C10H11BrFN3O2. The van der Waals surface area contributed by atoms with Crippen molar-refractivity contribution in [2.45, 2.75) is 18.0 Å². The van der Waals surface area contributed by atoms with Crippen molar-refractivity contribution in [3.8, 4) is 0 Å². The summed E-state index contributed by atoms with van der Waals surface area (Å²) in [6, 6.07) is 1.61. The Morgan fingerprint density at radius 3 is 3.12 bits per heavy atom. The van der Waals surface area contributed by atoms with Crippen molar-refractivity contribution >= 4 is 21.9 Å². The number of aliphatic carboxylic acids is 1. The summed E-state index contributed by atoms with van der Waals surface area (Å²) in [6.07, 6.45) is 1.40. The first kappa shape index (κ1) is 12.4. The van der Waals surface area contributed by atoms with E-state index in [4.69, 9.17) is 5.11 Å². The quantitative estimate of drug-likeness (QED) is 0.801. The number of hydrogen-bond acceptors (Lipinski definition) is 4. The van der Waals surface area contributed by atoms with Crippen LogP contribution in [0.2, 0.25) is 0 Å². The highest BCUT2D eigenvalue weighted by Crippen LogP contribution is 2.35. The first-order valence-electron chi connectivity index (χ1n) is 5.15. The molecule has 2 heterocycles. The minimum absolute atomic E-state index is 0.0805. The maximum atomic E-state index is 14.4. The van der Waals surface area contributed by atoms with Crippen LogP contribution >= 0.6 is 15.9 Å². The third kappa shape index (κ3) is 2.30. The fourth-order valence-electron chi connectivity index (χ4n) is 1.92. The van der Waals surface area contributed by atoms with Gasteiger partial charge < -0.3 is 10.4 Å². The van der Waals surface area contributed by atoms with E-state index >= 15 is 0 Å². The number of halogens is 2. The molecule has 5 nitrogen and oxygen atoms in total. The van der Waals surface area contributed by atoms with E-state index in [0.717, 1.165) is 0 Å². The van der Waals surface area contributed by atoms with Crippen molar-refractivity contribution < 1.29 is 14.3 Å². The molecule has 0 amide bonds. The molecule has 1 aromatic rings. The predicted octanol–water partition coefficient (Wildman–Crippen LogP) is 1.11. The number of aromatic nitrogens is 2. The summed E-state index contributed by atoms with van der Waals surface area (Å²) >= 11 is 3.16. The van der Waals surface area contributed by atoms with Gasteiger partial charge in [-0.05, 0) is 28.5 Å². The van der Waals surface area contributed by atoms with Crippen molar-refractivity contribution in [3.63, 3.8) is 0 Å². The minimum atomic E-state index is -2.30. The van der Waals surface area contributed by atoms with Crippen molar-refractivity contribution in [2.24, 2.45) is 0 Å². The maximum Gasteiger partial charge on any atom is 0.342 e. The van der Waals surface area contributed by atoms with Crippen molar-refractivity contribution in [2.75, 3.05) is 13.1 Å². The first-order valence-corrected chi connectivity index (χ1v) is 5.95. The van der Waals surface area contributed by atoms with Crippen molar-refractivity contribution in [1.29, 1.82) is 0 Å². The van der Waals surface area contributed by atoms with E-state index in [2.05, 4.69) is 31.2 Å². The zero-order valence-corrected chi connectivity index (χ0v) is 10.4. The Morgan fingerprint density at radius 2 is 2.47 bits per heavy atom. The predicted molar refractivity (Wildman–Crippen MR) is 61.4 cm³/mol. The Labute approximate surface area is 106 Å². The van der Waals surface area contributed by atoms with E-state index in [0.29, 0.717) is 11.1 Å². The van der Waals surface area contributed by atoms with Crippen LogP contribution in [0.5, 0.6) is 0 Å². The van der Waals surface area contributed by atoms with Crippen molar-refractivity contribution in [3.05, 3.63) is 22.7 Å². The lowest BCUT2D eigenvalue weighted by Crippen LogP contribution is -2.51. The van der Waals surface area contributed by atoms with Gasteiger partial charge in [-0.25, -0.2) is 19.2 Å². The second-order valence-corrected chi connectivity index (χ2v) is 4.72. The molecular weight excluding hydrogens is 293 g/mol. The molecule has 7 heteroatoms. The molecule has 0 radical (unpaired) electrons. The molecule has 2 atom stereocenters. The van der Waals surface area contributed by atoms with E-state index < -0.39 is 17.6 Å². The van der Waals surface area contributed by atoms with Gasteiger partial charge in [0.1, 0.15) is 10.4 Å². The minimum Gasteiger partial charge on any atom is -0.479 e.